The first-order chi connectivity index (χ1) is 8.66. The van der Waals surface area contributed by atoms with Crippen molar-refractivity contribution >= 4 is 21.6 Å². The summed E-state index contributed by atoms with van der Waals surface area (Å²) in [6.07, 6.45) is 5.51. The quantitative estimate of drug-likeness (QED) is 0.897. The molecule has 1 aromatic heterocycles. The zero-order valence-electron chi connectivity index (χ0n) is 10.7. The van der Waals surface area contributed by atoms with E-state index in [-0.39, 0.29) is 6.04 Å². The van der Waals surface area contributed by atoms with Gasteiger partial charge in [0.05, 0.1) is 0 Å². The van der Waals surface area contributed by atoms with E-state index in [2.05, 4.69) is 29.4 Å². The first-order valence-electron chi connectivity index (χ1n) is 6.02. The number of benzene rings is 1. The molecule has 0 aliphatic carbocycles. The molecule has 0 aliphatic rings. The number of fused-ring (bicyclic) bond motifs is 1. The molecular formula is C14H18N2OS. The molecule has 1 N–H and O–H groups in total. The van der Waals surface area contributed by atoms with Gasteiger partial charge in [0, 0.05) is 53.2 Å². The number of pyridine rings is 1. The van der Waals surface area contributed by atoms with Crippen molar-refractivity contribution in [2.45, 2.75) is 19.5 Å². The van der Waals surface area contributed by atoms with E-state index in [0.29, 0.717) is 5.75 Å². The molecule has 2 rings (SSSR count). The van der Waals surface area contributed by atoms with Crippen LogP contribution in [-0.4, -0.2) is 27.2 Å². The van der Waals surface area contributed by atoms with Crippen molar-refractivity contribution in [2.75, 3.05) is 12.0 Å². The number of nitrogens with one attached hydrogen (secondary N) is 1. The Morgan fingerprint density at radius 3 is 2.89 bits per heavy atom. The summed E-state index contributed by atoms with van der Waals surface area (Å²) in [5, 5.41) is 5.77. The molecule has 1 heterocycles. The Labute approximate surface area is 110 Å². The van der Waals surface area contributed by atoms with E-state index < -0.39 is 10.8 Å². The van der Waals surface area contributed by atoms with E-state index in [1.165, 1.54) is 10.9 Å². The Kier molecular flexibility index (Phi) is 4.44. The maximum absolute atomic E-state index is 11.1. The van der Waals surface area contributed by atoms with Crippen LogP contribution in [0.3, 0.4) is 0 Å². The van der Waals surface area contributed by atoms with Crippen molar-refractivity contribution in [2.24, 2.45) is 0 Å². The fourth-order valence-corrected chi connectivity index (χ4v) is 2.84. The maximum atomic E-state index is 11.1. The molecule has 4 heteroatoms. The second-order valence-electron chi connectivity index (χ2n) is 4.54. The first-order valence-corrected chi connectivity index (χ1v) is 7.74. The maximum Gasteiger partial charge on any atom is 0.0383 e. The lowest BCUT2D eigenvalue weighted by molar-refractivity contribution is 0.588. The molecule has 0 fully saturated rings. The highest BCUT2D eigenvalue weighted by Crippen LogP contribution is 2.16. The lowest BCUT2D eigenvalue weighted by Gasteiger charge is -2.13. The van der Waals surface area contributed by atoms with E-state index in [0.717, 1.165) is 11.9 Å². The highest BCUT2D eigenvalue weighted by atomic mass is 32.2. The smallest absolute Gasteiger partial charge is 0.0383 e. The number of hydrogen-bond acceptors (Lipinski definition) is 3. The van der Waals surface area contributed by atoms with Gasteiger partial charge in [-0.25, -0.2) is 0 Å². The van der Waals surface area contributed by atoms with Crippen LogP contribution in [0.2, 0.25) is 0 Å². The predicted molar refractivity (Wildman–Crippen MR) is 77.0 cm³/mol. The van der Waals surface area contributed by atoms with Gasteiger partial charge in [-0.3, -0.25) is 9.19 Å². The summed E-state index contributed by atoms with van der Waals surface area (Å²) in [6, 6.07) is 8.47. The molecule has 2 unspecified atom stereocenters. The fourth-order valence-electron chi connectivity index (χ4n) is 2.02. The van der Waals surface area contributed by atoms with Crippen LogP contribution in [0.1, 0.15) is 12.5 Å². The number of rotatable bonds is 5. The predicted octanol–water partition coefficient (Wildman–Crippen LogP) is 2.09. The topological polar surface area (TPSA) is 42.0 Å². The molecule has 0 spiro atoms. The van der Waals surface area contributed by atoms with Gasteiger partial charge in [-0.2, -0.15) is 0 Å². The summed E-state index contributed by atoms with van der Waals surface area (Å²) in [5.74, 6) is 0.679. The molecule has 2 atom stereocenters. The summed E-state index contributed by atoms with van der Waals surface area (Å²) in [5.41, 5.74) is 1.18. The Hall–Kier alpha value is -1.26. The number of hydrogen-bond donors (Lipinski definition) is 1. The molecule has 0 saturated heterocycles. The van der Waals surface area contributed by atoms with E-state index in [4.69, 9.17) is 0 Å². The van der Waals surface area contributed by atoms with Gasteiger partial charge in [0.2, 0.25) is 0 Å². The highest BCUT2D eigenvalue weighted by molar-refractivity contribution is 7.84. The molecule has 18 heavy (non-hydrogen) atoms. The van der Waals surface area contributed by atoms with Crippen molar-refractivity contribution in [3.05, 3.63) is 42.2 Å². The summed E-state index contributed by atoms with van der Waals surface area (Å²) in [7, 11) is -0.759. The Bertz CT molecular complexity index is 551. The number of aromatic nitrogens is 1. The van der Waals surface area contributed by atoms with E-state index in [9.17, 15) is 4.21 Å². The summed E-state index contributed by atoms with van der Waals surface area (Å²) in [6.45, 7) is 2.81. The van der Waals surface area contributed by atoms with E-state index >= 15 is 0 Å². The van der Waals surface area contributed by atoms with Gasteiger partial charge in [-0.1, -0.05) is 24.3 Å². The van der Waals surface area contributed by atoms with Crippen molar-refractivity contribution < 1.29 is 4.21 Å². The minimum absolute atomic E-state index is 0.245. The second kappa shape index (κ2) is 6.07. The van der Waals surface area contributed by atoms with Gasteiger partial charge in [0.1, 0.15) is 0 Å². The third-order valence-electron chi connectivity index (χ3n) is 2.88. The molecular weight excluding hydrogens is 244 g/mol. The lowest BCUT2D eigenvalue weighted by atomic mass is 10.1. The van der Waals surface area contributed by atoms with Crippen LogP contribution in [0, 0.1) is 0 Å². The largest absolute Gasteiger partial charge is 0.309 e. The third-order valence-corrected chi connectivity index (χ3v) is 3.85. The molecule has 2 aromatic rings. The second-order valence-corrected chi connectivity index (χ2v) is 6.02. The van der Waals surface area contributed by atoms with Gasteiger partial charge in [0.15, 0.2) is 0 Å². The molecule has 0 saturated carbocycles. The fraction of sp³-hybridized carbons (Fsp3) is 0.357. The van der Waals surface area contributed by atoms with Crippen molar-refractivity contribution in [3.63, 3.8) is 0 Å². The van der Waals surface area contributed by atoms with Crippen LogP contribution in [0.25, 0.3) is 10.8 Å². The molecule has 96 valence electrons. The molecule has 3 nitrogen and oxygen atoms in total. The normalized spacial score (nSPS) is 14.6. The number of nitrogens with zero attached hydrogens (tertiary/aromatic N) is 1. The van der Waals surface area contributed by atoms with Crippen LogP contribution < -0.4 is 5.32 Å². The Balaban J connectivity index is 2.10. The lowest BCUT2D eigenvalue weighted by Crippen LogP contribution is -2.30. The van der Waals surface area contributed by atoms with Gasteiger partial charge >= 0.3 is 0 Å². The van der Waals surface area contributed by atoms with Crippen molar-refractivity contribution in [1.29, 1.82) is 0 Å². The average Bonchev–Trinajstić information content (AvgIpc) is 2.35. The van der Waals surface area contributed by atoms with Gasteiger partial charge in [-0.15, -0.1) is 0 Å². The van der Waals surface area contributed by atoms with E-state index in [1.807, 2.05) is 24.5 Å². The van der Waals surface area contributed by atoms with Gasteiger partial charge in [-0.05, 0) is 17.9 Å². The average molecular weight is 262 g/mol. The molecule has 1 aromatic carbocycles. The minimum Gasteiger partial charge on any atom is -0.309 e. The van der Waals surface area contributed by atoms with Gasteiger partial charge < -0.3 is 5.32 Å². The standard InChI is InChI=1S/C14H18N2OS/c1-11(10-18(2)17)16-9-13-8-15-7-12-5-3-4-6-14(12)13/h3-8,11,16H,9-10H2,1-2H3. The molecule has 0 aliphatic heterocycles. The van der Waals surface area contributed by atoms with Crippen LogP contribution in [0.4, 0.5) is 0 Å². The first kappa shape index (κ1) is 13.2. The third kappa shape index (κ3) is 3.37. The highest BCUT2D eigenvalue weighted by Gasteiger charge is 2.05. The van der Waals surface area contributed by atoms with Gasteiger partial charge in [0.25, 0.3) is 0 Å². The van der Waals surface area contributed by atoms with E-state index in [1.54, 1.807) is 6.26 Å². The Morgan fingerprint density at radius 2 is 2.11 bits per heavy atom. The minimum atomic E-state index is -0.759. The molecule has 0 bridgehead atoms. The zero-order valence-corrected chi connectivity index (χ0v) is 11.5. The van der Waals surface area contributed by atoms with Crippen LogP contribution >= 0.6 is 0 Å². The Morgan fingerprint density at radius 1 is 1.33 bits per heavy atom. The van der Waals surface area contributed by atoms with Crippen molar-refractivity contribution in [1.82, 2.24) is 10.3 Å². The molecule has 0 amide bonds. The SMILES string of the molecule is CC(CS(C)=O)NCc1cncc2ccccc12. The van der Waals surface area contributed by atoms with Crippen molar-refractivity contribution in [3.8, 4) is 0 Å². The van der Waals surface area contributed by atoms with Crippen LogP contribution in [-0.2, 0) is 17.3 Å². The van der Waals surface area contributed by atoms with Crippen LogP contribution in [0.5, 0.6) is 0 Å². The summed E-state index contributed by atoms with van der Waals surface area (Å²) < 4.78 is 11.1. The monoisotopic (exact) mass is 262 g/mol. The summed E-state index contributed by atoms with van der Waals surface area (Å²) in [4.78, 5) is 4.25. The molecule has 0 radical (unpaired) electrons. The zero-order chi connectivity index (χ0) is 13.0. The summed E-state index contributed by atoms with van der Waals surface area (Å²) >= 11 is 0. The van der Waals surface area contributed by atoms with Crippen LogP contribution in [0.15, 0.2) is 36.7 Å².